The number of alkyl halides is 2. The molecule has 0 unspecified atom stereocenters. The van der Waals surface area contributed by atoms with E-state index < -0.39 is 17.8 Å². The summed E-state index contributed by atoms with van der Waals surface area (Å²) in [7, 11) is 0. The van der Waals surface area contributed by atoms with Gasteiger partial charge in [0.1, 0.15) is 4.75 Å². The quantitative estimate of drug-likeness (QED) is 0.849. The average molecular weight is 289 g/mol. The standard InChI is InChI=1S/C14H21F2NOS/c1-9-11(7-6-8-12(9)13(15)16)10(2)17-19(18)14(3,4)5/h6-8,10,13,17H,1-5H3/t10-,19+/m1/s1. The molecule has 2 atom stereocenters. The number of rotatable bonds is 4. The molecule has 0 bridgehead atoms. The molecule has 2 nitrogen and oxygen atoms in total. The normalized spacial score (nSPS) is 15.6. The van der Waals surface area contributed by atoms with Crippen molar-refractivity contribution in [1.82, 2.24) is 4.72 Å². The zero-order chi connectivity index (χ0) is 14.8. The minimum Gasteiger partial charge on any atom is -0.598 e. The molecule has 0 heterocycles. The van der Waals surface area contributed by atoms with Crippen LogP contribution in [0.2, 0.25) is 0 Å². The predicted molar refractivity (Wildman–Crippen MR) is 75.6 cm³/mol. The van der Waals surface area contributed by atoms with E-state index in [1.54, 1.807) is 19.1 Å². The third-order valence-electron chi connectivity index (χ3n) is 2.96. The van der Waals surface area contributed by atoms with Crippen molar-refractivity contribution in [2.45, 2.75) is 51.8 Å². The van der Waals surface area contributed by atoms with Gasteiger partial charge in [0.15, 0.2) is 0 Å². The van der Waals surface area contributed by atoms with Gasteiger partial charge < -0.3 is 4.55 Å². The van der Waals surface area contributed by atoms with Gasteiger partial charge in [-0.1, -0.05) is 18.2 Å². The highest BCUT2D eigenvalue weighted by Gasteiger charge is 2.29. The summed E-state index contributed by atoms with van der Waals surface area (Å²) in [5.41, 5.74) is 1.35. The topological polar surface area (TPSA) is 35.1 Å². The highest BCUT2D eigenvalue weighted by Crippen LogP contribution is 2.29. The maximum Gasteiger partial charge on any atom is 0.264 e. The Morgan fingerprint density at radius 2 is 1.74 bits per heavy atom. The fourth-order valence-electron chi connectivity index (χ4n) is 1.78. The lowest BCUT2D eigenvalue weighted by Crippen LogP contribution is -2.40. The molecule has 19 heavy (non-hydrogen) atoms. The van der Waals surface area contributed by atoms with Crippen molar-refractivity contribution in [3.05, 3.63) is 34.9 Å². The van der Waals surface area contributed by atoms with Crippen molar-refractivity contribution in [3.8, 4) is 0 Å². The number of halogens is 2. The molecule has 0 aromatic heterocycles. The molecule has 0 aliphatic carbocycles. The summed E-state index contributed by atoms with van der Waals surface area (Å²) in [6.07, 6.45) is -2.49. The Labute approximate surface area is 116 Å². The Morgan fingerprint density at radius 3 is 2.21 bits per heavy atom. The molecule has 1 rings (SSSR count). The summed E-state index contributed by atoms with van der Waals surface area (Å²) >= 11 is -1.23. The first-order valence-electron chi connectivity index (χ1n) is 6.20. The van der Waals surface area contributed by atoms with Crippen molar-refractivity contribution >= 4 is 11.4 Å². The van der Waals surface area contributed by atoms with Crippen LogP contribution in [0.4, 0.5) is 8.78 Å². The van der Waals surface area contributed by atoms with Crippen LogP contribution >= 0.6 is 0 Å². The summed E-state index contributed by atoms with van der Waals surface area (Å²) in [5.74, 6) is 0. The molecule has 0 fully saturated rings. The smallest absolute Gasteiger partial charge is 0.264 e. The Bertz CT molecular complexity index is 432. The van der Waals surface area contributed by atoms with Crippen LogP contribution in [0.5, 0.6) is 0 Å². The molecule has 1 N–H and O–H groups in total. The molecule has 0 saturated carbocycles. The van der Waals surface area contributed by atoms with Crippen LogP contribution in [0.1, 0.15) is 56.9 Å². The number of nitrogens with one attached hydrogen (secondary N) is 1. The van der Waals surface area contributed by atoms with Crippen molar-refractivity contribution < 1.29 is 13.3 Å². The molecule has 0 spiro atoms. The summed E-state index contributed by atoms with van der Waals surface area (Å²) < 4.78 is 40.3. The van der Waals surface area contributed by atoms with Gasteiger partial charge in [0.2, 0.25) is 0 Å². The highest BCUT2D eigenvalue weighted by atomic mass is 32.2. The first-order chi connectivity index (χ1) is 8.64. The van der Waals surface area contributed by atoms with Gasteiger partial charge in [-0.25, -0.2) is 8.78 Å². The van der Waals surface area contributed by atoms with E-state index in [1.165, 1.54) is 6.07 Å². The monoisotopic (exact) mass is 289 g/mol. The van der Waals surface area contributed by atoms with Gasteiger partial charge in [0, 0.05) is 16.9 Å². The fourth-order valence-corrected chi connectivity index (χ4v) is 2.58. The molecular weight excluding hydrogens is 268 g/mol. The molecule has 0 amide bonds. The van der Waals surface area contributed by atoms with Crippen molar-refractivity contribution in [1.29, 1.82) is 0 Å². The largest absolute Gasteiger partial charge is 0.598 e. The van der Waals surface area contributed by atoms with Gasteiger partial charge in [0.25, 0.3) is 6.43 Å². The second kappa shape index (κ2) is 6.20. The lowest BCUT2D eigenvalue weighted by atomic mass is 9.98. The fraction of sp³-hybridized carbons (Fsp3) is 0.571. The number of hydrogen-bond acceptors (Lipinski definition) is 2. The van der Waals surface area contributed by atoms with E-state index in [-0.39, 0.29) is 16.4 Å². The predicted octanol–water partition coefficient (Wildman–Crippen LogP) is 4.05. The van der Waals surface area contributed by atoms with Crippen LogP contribution in [0.15, 0.2) is 18.2 Å². The van der Waals surface area contributed by atoms with Crippen molar-refractivity contribution in [3.63, 3.8) is 0 Å². The Hall–Kier alpha value is -0.650. The van der Waals surface area contributed by atoms with Gasteiger partial charge in [-0.05, 0) is 45.7 Å². The van der Waals surface area contributed by atoms with Gasteiger partial charge in [-0.3, -0.25) is 0 Å². The molecule has 108 valence electrons. The van der Waals surface area contributed by atoms with E-state index in [4.69, 9.17) is 0 Å². The van der Waals surface area contributed by atoms with Crippen LogP contribution in [-0.2, 0) is 11.4 Å². The van der Waals surface area contributed by atoms with Gasteiger partial charge in [0.05, 0.1) is 6.04 Å². The summed E-state index contributed by atoms with van der Waals surface area (Å²) in [4.78, 5) is 0. The van der Waals surface area contributed by atoms with E-state index in [1.807, 2.05) is 27.7 Å². The Balaban J connectivity index is 2.95. The lowest BCUT2D eigenvalue weighted by Gasteiger charge is -2.27. The van der Waals surface area contributed by atoms with E-state index in [0.29, 0.717) is 5.56 Å². The summed E-state index contributed by atoms with van der Waals surface area (Å²) in [6, 6.07) is 4.59. The third kappa shape index (κ3) is 4.16. The minimum absolute atomic E-state index is 0.0349. The molecule has 1 aromatic carbocycles. The maximum atomic E-state index is 12.8. The number of benzene rings is 1. The van der Waals surface area contributed by atoms with Gasteiger partial charge >= 0.3 is 0 Å². The van der Waals surface area contributed by atoms with Crippen LogP contribution in [-0.4, -0.2) is 9.30 Å². The third-order valence-corrected chi connectivity index (χ3v) is 4.64. The minimum atomic E-state index is -2.49. The molecule has 1 aromatic rings. The molecule has 0 aliphatic rings. The summed E-state index contributed by atoms with van der Waals surface area (Å²) in [5, 5.41) is 0. The SMILES string of the molecule is Cc1c(C(F)F)cccc1[C@@H](C)N[S@@+]([O-])C(C)(C)C. The zero-order valence-electron chi connectivity index (χ0n) is 12.0. The number of hydrogen-bond donors (Lipinski definition) is 1. The van der Waals surface area contributed by atoms with Crippen molar-refractivity contribution in [2.24, 2.45) is 0 Å². The Morgan fingerprint density at radius 1 is 1.21 bits per heavy atom. The molecule has 0 saturated heterocycles. The first-order valence-corrected chi connectivity index (χ1v) is 7.35. The lowest BCUT2D eigenvalue weighted by molar-refractivity contribution is 0.150. The first kappa shape index (κ1) is 16.4. The van der Waals surface area contributed by atoms with Crippen LogP contribution in [0, 0.1) is 6.92 Å². The van der Waals surface area contributed by atoms with Crippen molar-refractivity contribution in [2.75, 3.05) is 0 Å². The average Bonchev–Trinajstić information content (AvgIpc) is 2.27. The maximum absolute atomic E-state index is 12.8. The highest BCUT2D eigenvalue weighted by molar-refractivity contribution is 7.90. The summed E-state index contributed by atoms with van der Waals surface area (Å²) in [6.45, 7) is 9.11. The molecule has 5 heteroatoms. The van der Waals surface area contributed by atoms with Crippen LogP contribution < -0.4 is 4.72 Å². The molecular formula is C14H21F2NOS. The van der Waals surface area contributed by atoms with E-state index in [2.05, 4.69) is 4.72 Å². The van der Waals surface area contributed by atoms with Gasteiger partial charge in [-0.2, -0.15) is 0 Å². The molecule has 0 aliphatic heterocycles. The van der Waals surface area contributed by atoms with E-state index in [9.17, 15) is 13.3 Å². The second-order valence-electron chi connectivity index (χ2n) is 5.58. The van der Waals surface area contributed by atoms with Gasteiger partial charge in [-0.15, -0.1) is 4.72 Å². The van der Waals surface area contributed by atoms with E-state index >= 15 is 0 Å². The second-order valence-corrected chi connectivity index (χ2v) is 7.58. The Kier molecular flexibility index (Phi) is 5.35. The zero-order valence-corrected chi connectivity index (χ0v) is 12.8. The van der Waals surface area contributed by atoms with Crippen LogP contribution in [0.3, 0.4) is 0 Å². The van der Waals surface area contributed by atoms with Crippen LogP contribution in [0.25, 0.3) is 0 Å². The van der Waals surface area contributed by atoms with E-state index in [0.717, 1.165) is 5.56 Å². The molecule has 0 radical (unpaired) electrons.